The molecular weight excluding hydrogens is 420 g/mol. The number of ether oxygens (including phenoxy) is 1. The van der Waals surface area contributed by atoms with Crippen LogP contribution in [0.2, 0.25) is 0 Å². The number of amides is 1. The van der Waals surface area contributed by atoms with Crippen molar-refractivity contribution in [2.45, 2.75) is 18.2 Å². The smallest absolute Gasteiger partial charge is 0.233 e. The van der Waals surface area contributed by atoms with Gasteiger partial charge in [0.05, 0.1) is 18.6 Å². The van der Waals surface area contributed by atoms with E-state index < -0.39 is 0 Å². The van der Waals surface area contributed by atoms with Crippen molar-refractivity contribution >= 4 is 17.7 Å². The van der Waals surface area contributed by atoms with Gasteiger partial charge < -0.3 is 9.64 Å². The van der Waals surface area contributed by atoms with E-state index in [0.29, 0.717) is 18.2 Å². The van der Waals surface area contributed by atoms with E-state index in [-0.39, 0.29) is 11.7 Å². The Bertz CT molecular complexity index is 1110. The second-order valence-electron chi connectivity index (χ2n) is 7.17. The molecule has 162 valence electrons. The molecule has 0 atom stereocenters. The normalized spacial score (nSPS) is 10.7. The highest BCUT2D eigenvalue weighted by atomic mass is 32.2. The Hall–Kier alpha value is -3.58. The molecule has 0 saturated heterocycles. The molecule has 0 N–H and O–H groups in total. The Morgan fingerprint density at radius 2 is 1.50 bits per heavy atom. The minimum absolute atomic E-state index is 0.0392. The lowest BCUT2D eigenvalue weighted by Crippen LogP contribution is -2.31. The third-order valence-corrected chi connectivity index (χ3v) is 5.90. The van der Waals surface area contributed by atoms with Crippen LogP contribution in [0.3, 0.4) is 0 Å². The summed E-state index contributed by atoms with van der Waals surface area (Å²) in [5.41, 5.74) is 3.03. The summed E-state index contributed by atoms with van der Waals surface area (Å²) in [6.45, 7) is 1.10. The number of hydrogen-bond acceptors (Lipinski definition) is 5. The molecule has 0 bridgehead atoms. The van der Waals surface area contributed by atoms with E-state index in [1.165, 1.54) is 11.8 Å². The fraction of sp³-hybridized carbons (Fsp3) is 0.160. The van der Waals surface area contributed by atoms with Crippen LogP contribution >= 0.6 is 11.8 Å². The molecule has 0 aliphatic rings. The monoisotopic (exact) mass is 444 g/mol. The number of rotatable bonds is 9. The van der Waals surface area contributed by atoms with Gasteiger partial charge in [-0.15, -0.1) is 10.2 Å². The highest BCUT2D eigenvalue weighted by molar-refractivity contribution is 7.99. The van der Waals surface area contributed by atoms with Crippen LogP contribution in [0.4, 0.5) is 0 Å². The van der Waals surface area contributed by atoms with Crippen LogP contribution in [-0.2, 0) is 17.9 Å². The van der Waals surface area contributed by atoms with Gasteiger partial charge >= 0.3 is 0 Å². The molecule has 0 radical (unpaired) electrons. The quantitative estimate of drug-likeness (QED) is 0.353. The van der Waals surface area contributed by atoms with Gasteiger partial charge in [0, 0.05) is 13.1 Å². The predicted molar refractivity (Wildman–Crippen MR) is 126 cm³/mol. The van der Waals surface area contributed by atoms with Crippen molar-refractivity contribution in [3.63, 3.8) is 0 Å². The fourth-order valence-electron chi connectivity index (χ4n) is 3.37. The van der Waals surface area contributed by atoms with Gasteiger partial charge in [0.15, 0.2) is 5.16 Å². The number of nitrogens with zero attached hydrogens (tertiary/aromatic N) is 4. The molecule has 3 aromatic carbocycles. The summed E-state index contributed by atoms with van der Waals surface area (Å²) in [5.74, 6) is 1.01. The molecule has 4 rings (SSSR count). The van der Waals surface area contributed by atoms with Crippen molar-refractivity contribution in [2.75, 3.05) is 12.9 Å². The summed E-state index contributed by atoms with van der Waals surface area (Å²) < 4.78 is 7.30. The molecule has 0 aliphatic carbocycles. The van der Waals surface area contributed by atoms with Gasteiger partial charge in [0.1, 0.15) is 12.1 Å². The van der Waals surface area contributed by atoms with E-state index in [2.05, 4.69) is 10.2 Å². The average molecular weight is 445 g/mol. The topological polar surface area (TPSA) is 60.2 Å². The number of hydrogen-bond donors (Lipinski definition) is 0. The first-order chi connectivity index (χ1) is 15.7. The number of benzene rings is 3. The van der Waals surface area contributed by atoms with Gasteiger partial charge in [0.25, 0.3) is 0 Å². The summed E-state index contributed by atoms with van der Waals surface area (Å²) in [7, 11) is 1.63. The van der Waals surface area contributed by atoms with Gasteiger partial charge in [0.2, 0.25) is 5.91 Å². The highest BCUT2D eigenvalue weighted by Crippen LogP contribution is 2.27. The zero-order chi connectivity index (χ0) is 22.2. The van der Waals surface area contributed by atoms with E-state index >= 15 is 0 Å². The SMILES string of the molecule is COc1ccccc1-n1cnnc1SCC(=O)N(Cc1ccccc1)Cc1ccccc1. The Labute approximate surface area is 191 Å². The molecule has 1 heterocycles. The molecule has 0 saturated carbocycles. The van der Waals surface area contributed by atoms with Gasteiger partial charge in [-0.05, 0) is 23.3 Å². The van der Waals surface area contributed by atoms with Gasteiger partial charge in [-0.25, -0.2) is 0 Å². The molecule has 1 amide bonds. The molecule has 0 aliphatic heterocycles. The summed E-state index contributed by atoms with van der Waals surface area (Å²) in [4.78, 5) is 15.1. The third kappa shape index (κ3) is 5.36. The average Bonchev–Trinajstić information content (AvgIpc) is 3.32. The van der Waals surface area contributed by atoms with Crippen LogP contribution in [0, 0.1) is 0 Å². The van der Waals surface area contributed by atoms with Crippen LogP contribution in [0.5, 0.6) is 5.75 Å². The van der Waals surface area contributed by atoms with Crippen molar-refractivity contribution in [3.8, 4) is 11.4 Å². The van der Waals surface area contributed by atoms with Crippen LogP contribution in [0.25, 0.3) is 5.69 Å². The van der Waals surface area contributed by atoms with Crippen LogP contribution in [0.15, 0.2) is 96.4 Å². The molecule has 4 aromatic rings. The van der Waals surface area contributed by atoms with E-state index in [1.807, 2.05) is 94.4 Å². The maximum absolute atomic E-state index is 13.2. The minimum atomic E-state index is 0.0392. The molecule has 6 nitrogen and oxygen atoms in total. The number of carbonyl (C=O) groups excluding carboxylic acids is 1. The fourth-order valence-corrected chi connectivity index (χ4v) is 4.20. The zero-order valence-corrected chi connectivity index (χ0v) is 18.6. The van der Waals surface area contributed by atoms with Crippen molar-refractivity contribution in [1.82, 2.24) is 19.7 Å². The van der Waals surface area contributed by atoms with E-state index in [9.17, 15) is 4.79 Å². The summed E-state index contributed by atoms with van der Waals surface area (Å²) in [6.07, 6.45) is 1.64. The Morgan fingerprint density at radius 3 is 2.12 bits per heavy atom. The highest BCUT2D eigenvalue weighted by Gasteiger charge is 2.18. The first-order valence-corrected chi connectivity index (χ1v) is 11.2. The van der Waals surface area contributed by atoms with Gasteiger partial charge in [-0.3, -0.25) is 9.36 Å². The van der Waals surface area contributed by atoms with Crippen LogP contribution in [-0.4, -0.2) is 38.4 Å². The summed E-state index contributed by atoms with van der Waals surface area (Å²) in [5, 5.41) is 8.90. The first-order valence-electron chi connectivity index (χ1n) is 10.3. The Kier molecular flexibility index (Phi) is 7.19. The van der Waals surface area contributed by atoms with Crippen LogP contribution < -0.4 is 4.74 Å². The predicted octanol–water partition coefficient (Wildman–Crippen LogP) is 4.60. The number of carbonyl (C=O) groups is 1. The molecule has 0 fully saturated rings. The third-order valence-electron chi connectivity index (χ3n) is 4.97. The first kappa shape index (κ1) is 21.6. The van der Waals surface area contributed by atoms with Crippen molar-refractivity contribution in [3.05, 3.63) is 102 Å². The lowest BCUT2D eigenvalue weighted by Gasteiger charge is -2.23. The number of methoxy groups -OCH3 is 1. The van der Waals surface area contributed by atoms with E-state index in [1.54, 1.807) is 13.4 Å². The number of aromatic nitrogens is 3. The minimum Gasteiger partial charge on any atom is -0.495 e. The Morgan fingerprint density at radius 1 is 0.906 bits per heavy atom. The second kappa shape index (κ2) is 10.6. The number of para-hydroxylation sites is 2. The molecule has 0 unspecified atom stereocenters. The van der Waals surface area contributed by atoms with E-state index in [4.69, 9.17) is 4.74 Å². The van der Waals surface area contributed by atoms with Gasteiger partial charge in [-0.2, -0.15) is 0 Å². The van der Waals surface area contributed by atoms with Crippen molar-refractivity contribution in [2.24, 2.45) is 0 Å². The maximum Gasteiger partial charge on any atom is 0.233 e. The summed E-state index contributed by atoms with van der Waals surface area (Å²) >= 11 is 1.37. The Balaban J connectivity index is 1.50. The zero-order valence-electron chi connectivity index (χ0n) is 17.8. The lowest BCUT2D eigenvalue weighted by atomic mass is 10.1. The molecule has 7 heteroatoms. The van der Waals surface area contributed by atoms with Crippen LogP contribution in [0.1, 0.15) is 11.1 Å². The molecule has 1 aromatic heterocycles. The van der Waals surface area contributed by atoms with Crippen molar-refractivity contribution < 1.29 is 9.53 Å². The summed E-state index contributed by atoms with van der Waals surface area (Å²) in [6, 6.07) is 27.7. The second-order valence-corrected chi connectivity index (χ2v) is 8.11. The largest absolute Gasteiger partial charge is 0.495 e. The van der Waals surface area contributed by atoms with Crippen molar-refractivity contribution in [1.29, 1.82) is 0 Å². The molecular formula is C25H24N4O2S. The van der Waals surface area contributed by atoms with E-state index in [0.717, 1.165) is 22.6 Å². The lowest BCUT2D eigenvalue weighted by molar-refractivity contribution is -0.129. The maximum atomic E-state index is 13.2. The number of thioether (sulfide) groups is 1. The standard InChI is InChI=1S/C25H24N4O2S/c1-31-23-15-9-8-14-22(23)29-19-26-27-25(29)32-18-24(30)28(16-20-10-4-2-5-11-20)17-21-12-6-3-7-13-21/h2-15,19H,16-18H2,1H3. The molecule has 32 heavy (non-hydrogen) atoms. The van der Waals surface area contributed by atoms with Gasteiger partial charge in [-0.1, -0.05) is 84.6 Å². The molecule has 0 spiro atoms.